The van der Waals surface area contributed by atoms with Crippen molar-refractivity contribution in [3.8, 4) is 0 Å². The van der Waals surface area contributed by atoms with Crippen molar-refractivity contribution in [2.45, 2.75) is 18.9 Å². The number of nitrogens with zero attached hydrogens (tertiary/aromatic N) is 2. The van der Waals surface area contributed by atoms with E-state index in [9.17, 15) is 4.79 Å². The maximum Gasteiger partial charge on any atom is 0.467 e. The first kappa shape index (κ1) is 10.2. The summed E-state index contributed by atoms with van der Waals surface area (Å²) in [5.41, 5.74) is 0. The second kappa shape index (κ2) is 4.47. The van der Waals surface area contributed by atoms with Gasteiger partial charge in [-0.1, -0.05) is 0 Å². The second-order valence-corrected chi connectivity index (χ2v) is 6.95. The van der Waals surface area contributed by atoms with Crippen LogP contribution in [-0.2, 0) is 0 Å². The lowest BCUT2D eigenvalue weighted by atomic mass is 10.1. The summed E-state index contributed by atoms with van der Waals surface area (Å²) in [5.74, 6) is 0. The average molecular weight is 308 g/mol. The monoisotopic (exact) mass is 308 g/mol. The first-order chi connectivity index (χ1) is 6.31. The van der Waals surface area contributed by atoms with Crippen molar-refractivity contribution in [2.75, 3.05) is 26.2 Å². The van der Waals surface area contributed by atoms with Crippen molar-refractivity contribution >= 4 is 37.0 Å². The molecule has 0 aromatic carbocycles. The Balaban J connectivity index is 2.06. The van der Waals surface area contributed by atoms with Crippen LogP contribution in [0.15, 0.2) is 0 Å². The summed E-state index contributed by atoms with van der Waals surface area (Å²) in [4.78, 5) is 16.3. The predicted octanol–water partition coefficient (Wildman–Crippen LogP) is 0.673. The number of hydrogen-bond acceptors (Lipinski definition) is 2. The van der Waals surface area contributed by atoms with Gasteiger partial charge < -0.3 is 9.80 Å². The Morgan fingerprint density at radius 1 is 1.23 bits per heavy atom. The normalized spacial score (nSPS) is 32.8. The van der Waals surface area contributed by atoms with Gasteiger partial charge in [0, 0.05) is 32.2 Å². The molecule has 13 heavy (non-hydrogen) atoms. The van der Waals surface area contributed by atoms with Crippen LogP contribution >= 0.6 is 20.3 Å². The second-order valence-electron chi connectivity index (χ2n) is 3.79. The highest BCUT2D eigenvalue weighted by atomic mass is 127. The highest BCUT2D eigenvalue weighted by Crippen LogP contribution is 2.20. The minimum Gasteiger partial charge on any atom is -0.354 e. The molecular weight excluding hydrogens is 294 g/mol. The zero-order valence-electron chi connectivity index (χ0n) is 7.71. The van der Waals surface area contributed by atoms with Gasteiger partial charge in [-0.25, -0.2) is 0 Å². The highest BCUT2D eigenvalue weighted by Gasteiger charge is 2.31. The van der Waals surface area contributed by atoms with Crippen molar-refractivity contribution in [3.05, 3.63) is 0 Å². The van der Waals surface area contributed by atoms with Crippen molar-refractivity contribution < 1.29 is 4.79 Å². The average Bonchev–Trinajstić information content (AvgIpc) is 2.49. The summed E-state index contributed by atoms with van der Waals surface area (Å²) >= 11 is 1.80. The number of fused-ring (bicyclic) bond motifs is 4. The third-order valence-corrected chi connectivity index (χ3v) is 5.68. The maximum atomic E-state index is 11.7. The molecule has 2 bridgehead atoms. The lowest BCUT2D eigenvalue weighted by Crippen LogP contribution is -2.42. The number of halogens is 1. The van der Waals surface area contributed by atoms with Gasteiger partial charge in [-0.15, -0.1) is 0 Å². The molecule has 3 nitrogen and oxygen atoms in total. The van der Waals surface area contributed by atoms with Crippen LogP contribution in [0.2, 0.25) is 0 Å². The highest BCUT2D eigenvalue weighted by molar-refractivity contribution is 14.1. The Bertz CT molecular complexity index is 206. The van der Waals surface area contributed by atoms with Crippen LogP contribution in [-0.4, -0.2) is 58.7 Å². The van der Waals surface area contributed by atoms with Gasteiger partial charge in [0.1, 0.15) is 4.77 Å². The van der Waals surface area contributed by atoms with Crippen LogP contribution in [0.1, 0.15) is 12.8 Å². The molecule has 0 atom stereocenters. The molecule has 72 valence electrons. The zero-order valence-corrected chi connectivity index (χ0v) is 11.3. The fraction of sp³-hybridized carbons (Fsp3) is 0.875. The molecular formula is C8H14AlIN2O. The SMILES string of the molecule is O=[C]([AlH][I])N1CCN2CCC1CC2. The Morgan fingerprint density at radius 2 is 1.92 bits per heavy atom. The minimum absolute atomic E-state index is 0.467. The molecule has 0 unspecified atom stereocenters. The molecule has 3 aliphatic rings. The first-order valence-electron chi connectivity index (χ1n) is 4.89. The van der Waals surface area contributed by atoms with Gasteiger partial charge in [-0.2, -0.15) is 20.3 Å². The van der Waals surface area contributed by atoms with Gasteiger partial charge >= 0.3 is 11.9 Å². The molecule has 3 fully saturated rings. The fourth-order valence-corrected chi connectivity index (χ4v) is 4.18. The lowest BCUT2D eigenvalue weighted by Gasteiger charge is -2.31. The summed E-state index contributed by atoms with van der Waals surface area (Å²) in [6.07, 6.45) is 2.41. The van der Waals surface area contributed by atoms with Crippen LogP contribution in [0.4, 0.5) is 4.79 Å². The largest absolute Gasteiger partial charge is 0.467 e. The zero-order chi connectivity index (χ0) is 9.26. The van der Waals surface area contributed by atoms with E-state index in [0.29, 0.717) is 10.8 Å². The molecule has 0 aromatic heterocycles. The molecule has 0 saturated carbocycles. The topological polar surface area (TPSA) is 23.6 Å². The number of rotatable bonds is 1. The van der Waals surface area contributed by atoms with Crippen molar-refractivity contribution in [3.63, 3.8) is 0 Å². The van der Waals surface area contributed by atoms with Crippen LogP contribution in [0.3, 0.4) is 0 Å². The molecule has 5 heteroatoms. The molecule has 3 aliphatic heterocycles. The van der Waals surface area contributed by atoms with E-state index in [0.717, 1.165) is 13.1 Å². The Labute approximate surface area is 96.2 Å². The lowest BCUT2D eigenvalue weighted by molar-refractivity contribution is 0.190. The smallest absolute Gasteiger partial charge is 0.354 e. The summed E-state index contributed by atoms with van der Waals surface area (Å²) < 4.78 is 0.467. The number of amides is 1. The molecule has 0 aromatic rings. The van der Waals surface area contributed by atoms with Crippen molar-refractivity contribution in [1.82, 2.24) is 9.80 Å². The van der Waals surface area contributed by atoms with Gasteiger partial charge in [0.15, 0.2) is 0 Å². The minimum atomic E-state index is -0.506. The van der Waals surface area contributed by atoms with E-state index in [-0.39, 0.29) is 0 Å². The standard InChI is InChI=1S/C8H13N2O.Al.HI.H/c11-7-10-6-5-9-3-1-8(10)2-4-9;;;/h8H,1-6H2;;1H;/q;+1;;/p-1. The summed E-state index contributed by atoms with van der Waals surface area (Å²) in [7, 11) is 0. The molecule has 3 saturated heterocycles. The molecule has 0 spiro atoms. The number of piperidine rings is 1. The van der Waals surface area contributed by atoms with Gasteiger partial charge in [0.05, 0.1) is 0 Å². The van der Waals surface area contributed by atoms with Crippen LogP contribution in [0.5, 0.6) is 0 Å². The van der Waals surface area contributed by atoms with Crippen LogP contribution in [0, 0.1) is 0 Å². The van der Waals surface area contributed by atoms with E-state index in [4.69, 9.17) is 0 Å². The van der Waals surface area contributed by atoms with Crippen LogP contribution in [0.25, 0.3) is 0 Å². The Hall–Kier alpha value is 0.692. The predicted molar refractivity (Wildman–Crippen MR) is 62.7 cm³/mol. The van der Waals surface area contributed by atoms with Crippen molar-refractivity contribution in [1.29, 1.82) is 0 Å². The molecule has 1 amide bonds. The number of carbonyl (C=O) groups excluding carboxylic acids is 1. The molecule has 0 radical (unpaired) electrons. The van der Waals surface area contributed by atoms with E-state index in [1.807, 2.05) is 0 Å². The molecule has 0 N–H and O–H groups in total. The van der Waals surface area contributed by atoms with E-state index in [1.54, 1.807) is 0 Å². The quantitative estimate of drug-likeness (QED) is 0.525. The van der Waals surface area contributed by atoms with E-state index >= 15 is 0 Å². The fourth-order valence-electron chi connectivity index (χ4n) is 2.29. The van der Waals surface area contributed by atoms with Gasteiger partial charge in [0.2, 0.25) is 0 Å². The van der Waals surface area contributed by atoms with Gasteiger partial charge in [0.25, 0.3) is 0 Å². The molecule has 0 aliphatic carbocycles. The van der Waals surface area contributed by atoms with Crippen LogP contribution < -0.4 is 0 Å². The molecule has 3 heterocycles. The summed E-state index contributed by atoms with van der Waals surface area (Å²) in [6.45, 7) is 4.50. The van der Waals surface area contributed by atoms with E-state index < -0.39 is 11.9 Å². The number of carbonyl (C=O) groups is 1. The molecule has 3 rings (SSSR count). The Kier molecular flexibility index (Phi) is 3.52. The third kappa shape index (κ3) is 2.20. The first-order valence-corrected chi connectivity index (χ1v) is 10.7. The Morgan fingerprint density at radius 3 is 2.54 bits per heavy atom. The maximum absolute atomic E-state index is 11.7. The van der Waals surface area contributed by atoms with Crippen molar-refractivity contribution in [2.24, 2.45) is 0 Å². The van der Waals surface area contributed by atoms with E-state index in [2.05, 4.69) is 30.1 Å². The number of hydrogen-bond donors (Lipinski definition) is 0. The van der Waals surface area contributed by atoms with Gasteiger partial charge in [-0.3, -0.25) is 4.79 Å². The summed E-state index contributed by atoms with van der Waals surface area (Å²) in [6, 6.07) is 0.577. The summed E-state index contributed by atoms with van der Waals surface area (Å²) in [5, 5.41) is 0. The van der Waals surface area contributed by atoms with E-state index in [1.165, 1.54) is 25.9 Å². The third-order valence-electron chi connectivity index (χ3n) is 3.09. The van der Waals surface area contributed by atoms with Gasteiger partial charge in [-0.05, 0) is 12.8 Å².